The van der Waals surface area contributed by atoms with Crippen LogP contribution in [0.2, 0.25) is 0 Å². The number of hydrogen-bond donors (Lipinski definition) is 1. The molecule has 0 fully saturated rings. The maximum Gasteiger partial charge on any atom is 0.141 e. The molecule has 2 N–H and O–H groups in total. The van der Waals surface area contributed by atoms with Crippen molar-refractivity contribution in [1.29, 1.82) is 0 Å². The lowest BCUT2D eigenvalue weighted by molar-refractivity contribution is 0.475. The second-order valence-corrected chi connectivity index (χ2v) is 5.67. The molecule has 2 rings (SSSR count). The first kappa shape index (κ1) is 14.0. The largest absolute Gasteiger partial charge is 0.456 e. The fourth-order valence-electron chi connectivity index (χ4n) is 1.67. The van der Waals surface area contributed by atoms with E-state index in [0.29, 0.717) is 4.99 Å². The van der Waals surface area contributed by atoms with E-state index in [1.165, 1.54) is 0 Å². The molecule has 0 bridgehead atoms. The standard InChI is InChI=1S/C15H14BrNOS/c1-9-3-4-10(2)14(7-9)18-13-6-5-11(15(17)19)8-12(13)16/h3-8H,1-2H3,(H2,17,19). The second kappa shape index (κ2) is 5.72. The van der Waals surface area contributed by atoms with Crippen LogP contribution >= 0.6 is 28.1 Å². The van der Waals surface area contributed by atoms with Gasteiger partial charge < -0.3 is 10.5 Å². The number of aryl methyl sites for hydroxylation is 2. The van der Waals surface area contributed by atoms with Crippen molar-refractivity contribution in [3.8, 4) is 11.5 Å². The molecule has 0 aliphatic carbocycles. The second-order valence-electron chi connectivity index (χ2n) is 4.38. The molecule has 19 heavy (non-hydrogen) atoms. The van der Waals surface area contributed by atoms with Gasteiger partial charge in [-0.1, -0.05) is 24.4 Å². The van der Waals surface area contributed by atoms with E-state index in [1.54, 1.807) is 0 Å². The SMILES string of the molecule is Cc1ccc(C)c(Oc2ccc(C(N)=S)cc2Br)c1. The number of thiocarbonyl (C=S) groups is 1. The quantitative estimate of drug-likeness (QED) is 0.839. The molecule has 0 heterocycles. The Kier molecular flexibility index (Phi) is 4.22. The highest BCUT2D eigenvalue weighted by Gasteiger charge is 2.07. The van der Waals surface area contributed by atoms with Crippen LogP contribution in [0.5, 0.6) is 11.5 Å². The molecule has 2 nitrogen and oxygen atoms in total. The van der Waals surface area contributed by atoms with Gasteiger partial charge in [-0.05, 0) is 65.2 Å². The van der Waals surface area contributed by atoms with Gasteiger partial charge in [-0.25, -0.2) is 0 Å². The molecule has 0 aliphatic rings. The molecule has 4 heteroatoms. The summed E-state index contributed by atoms with van der Waals surface area (Å²) < 4.78 is 6.76. The van der Waals surface area contributed by atoms with E-state index < -0.39 is 0 Å². The third-order valence-electron chi connectivity index (χ3n) is 2.78. The van der Waals surface area contributed by atoms with Gasteiger partial charge in [0.25, 0.3) is 0 Å². The number of nitrogens with two attached hydrogens (primary N) is 1. The van der Waals surface area contributed by atoms with Gasteiger partial charge in [-0.3, -0.25) is 0 Å². The van der Waals surface area contributed by atoms with E-state index in [9.17, 15) is 0 Å². The molecule has 0 saturated heterocycles. The van der Waals surface area contributed by atoms with Crippen molar-refractivity contribution < 1.29 is 4.74 Å². The van der Waals surface area contributed by atoms with Crippen molar-refractivity contribution in [3.05, 3.63) is 57.6 Å². The minimum Gasteiger partial charge on any atom is -0.456 e. The number of rotatable bonds is 3. The molecule has 0 aliphatic heterocycles. The molecule has 0 aromatic heterocycles. The fourth-order valence-corrected chi connectivity index (χ4v) is 2.26. The Balaban J connectivity index is 2.33. The Bertz CT molecular complexity index is 640. The predicted molar refractivity (Wildman–Crippen MR) is 86.0 cm³/mol. The highest BCUT2D eigenvalue weighted by atomic mass is 79.9. The monoisotopic (exact) mass is 335 g/mol. The highest BCUT2D eigenvalue weighted by Crippen LogP contribution is 2.32. The molecule has 0 radical (unpaired) electrons. The van der Waals surface area contributed by atoms with Crippen LogP contribution in [0.25, 0.3) is 0 Å². The van der Waals surface area contributed by atoms with E-state index in [2.05, 4.69) is 22.0 Å². The van der Waals surface area contributed by atoms with Crippen LogP contribution < -0.4 is 10.5 Å². The van der Waals surface area contributed by atoms with E-state index >= 15 is 0 Å². The average Bonchev–Trinajstić information content (AvgIpc) is 2.36. The maximum absolute atomic E-state index is 5.92. The highest BCUT2D eigenvalue weighted by molar-refractivity contribution is 9.10. The summed E-state index contributed by atoms with van der Waals surface area (Å²) in [5, 5.41) is 0. The number of ether oxygens (including phenoxy) is 1. The fraction of sp³-hybridized carbons (Fsp3) is 0.133. The van der Waals surface area contributed by atoms with Gasteiger partial charge in [0.05, 0.1) is 4.47 Å². The van der Waals surface area contributed by atoms with Crippen molar-refractivity contribution in [2.45, 2.75) is 13.8 Å². The van der Waals surface area contributed by atoms with Crippen LogP contribution in [0, 0.1) is 13.8 Å². The zero-order valence-electron chi connectivity index (χ0n) is 10.7. The zero-order valence-corrected chi connectivity index (χ0v) is 13.1. The molecular weight excluding hydrogens is 322 g/mol. The molecule has 0 unspecified atom stereocenters. The van der Waals surface area contributed by atoms with Crippen molar-refractivity contribution in [1.82, 2.24) is 0 Å². The normalized spacial score (nSPS) is 10.3. The first-order valence-electron chi connectivity index (χ1n) is 5.82. The molecular formula is C15H14BrNOS. The summed E-state index contributed by atoms with van der Waals surface area (Å²) >= 11 is 8.42. The Morgan fingerprint density at radius 1 is 1.11 bits per heavy atom. The van der Waals surface area contributed by atoms with E-state index in [0.717, 1.165) is 32.7 Å². The molecule has 2 aromatic carbocycles. The van der Waals surface area contributed by atoms with Crippen LogP contribution in [-0.2, 0) is 0 Å². The predicted octanol–water partition coefficient (Wildman–Crippen LogP) is 4.49. The Morgan fingerprint density at radius 3 is 2.47 bits per heavy atom. The average molecular weight is 336 g/mol. The molecule has 0 atom stereocenters. The number of benzene rings is 2. The van der Waals surface area contributed by atoms with Gasteiger partial charge >= 0.3 is 0 Å². The summed E-state index contributed by atoms with van der Waals surface area (Å²) in [7, 11) is 0. The third kappa shape index (κ3) is 3.33. The third-order valence-corrected chi connectivity index (χ3v) is 3.64. The minimum absolute atomic E-state index is 0.374. The summed E-state index contributed by atoms with van der Waals surface area (Å²) in [6, 6.07) is 11.7. The van der Waals surface area contributed by atoms with Gasteiger partial charge in [0.15, 0.2) is 0 Å². The Hall–Kier alpha value is -1.39. The van der Waals surface area contributed by atoms with Crippen LogP contribution in [0.15, 0.2) is 40.9 Å². The summed E-state index contributed by atoms with van der Waals surface area (Å²) in [6.07, 6.45) is 0. The van der Waals surface area contributed by atoms with E-state index in [1.807, 2.05) is 44.2 Å². The van der Waals surface area contributed by atoms with Gasteiger partial charge in [-0.2, -0.15) is 0 Å². The van der Waals surface area contributed by atoms with Gasteiger partial charge in [0.2, 0.25) is 0 Å². The van der Waals surface area contributed by atoms with E-state index in [-0.39, 0.29) is 0 Å². The lowest BCUT2D eigenvalue weighted by atomic mass is 10.1. The molecule has 0 amide bonds. The topological polar surface area (TPSA) is 35.2 Å². The lowest BCUT2D eigenvalue weighted by Gasteiger charge is -2.12. The van der Waals surface area contributed by atoms with Crippen LogP contribution in [-0.4, -0.2) is 4.99 Å². The van der Waals surface area contributed by atoms with Gasteiger partial charge in [0.1, 0.15) is 16.5 Å². The summed E-state index contributed by atoms with van der Waals surface area (Å²) in [5.41, 5.74) is 8.67. The van der Waals surface area contributed by atoms with Crippen molar-refractivity contribution in [2.75, 3.05) is 0 Å². The van der Waals surface area contributed by atoms with Gasteiger partial charge in [0, 0.05) is 5.56 Å². The Morgan fingerprint density at radius 2 is 1.84 bits per heavy atom. The first-order chi connectivity index (χ1) is 8.97. The van der Waals surface area contributed by atoms with Crippen molar-refractivity contribution >= 4 is 33.1 Å². The van der Waals surface area contributed by atoms with Crippen molar-refractivity contribution in [2.24, 2.45) is 5.73 Å². The zero-order chi connectivity index (χ0) is 14.0. The Labute approximate surface area is 126 Å². The minimum atomic E-state index is 0.374. The molecule has 0 spiro atoms. The smallest absolute Gasteiger partial charge is 0.141 e. The first-order valence-corrected chi connectivity index (χ1v) is 7.02. The van der Waals surface area contributed by atoms with Crippen molar-refractivity contribution in [3.63, 3.8) is 0 Å². The summed E-state index contributed by atoms with van der Waals surface area (Å²) in [4.78, 5) is 0.374. The number of hydrogen-bond acceptors (Lipinski definition) is 2. The van der Waals surface area contributed by atoms with Gasteiger partial charge in [-0.15, -0.1) is 0 Å². The lowest BCUT2D eigenvalue weighted by Crippen LogP contribution is -2.09. The molecule has 2 aromatic rings. The summed E-state index contributed by atoms with van der Waals surface area (Å²) in [6.45, 7) is 4.06. The van der Waals surface area contributed by atoms with Crippen LogP contribution in [0.1, 0.15) is 16.7 Å². The maximum atomic E-state index is 5.92. The number of halogens is 1. The van der Waals surface area contributed by atoms with E-state index in [4.69, 9.17) is 22.7 Å². The summed E-state index contributed by atoms with van der Waals surface area (Å²) in [5.74, 6) is 1.59. The molecule has 0 saturated carbocycles. The van der Waals surface area contributed by atoms with Crippen LogP contribution in [0.4, 0.5) is 0 Å². The molecule has 98 valence electrons. The van der Waals surface area contributed by atoms with Crippen LogP contribution in [0.3, 0.4) is 0 Å².